The van der Waals surface area contributed by atoms with Crippen molar-refractivity contribution >= 4 is 0 Å². The number of H-pyrrole nitrogens is 1. The molecular weight excluding hydrogens is 338 g/mol. The van der Waals surface area contributed by atoms with Gasteiger partial charge in [-0.15, -0.1) is 0 Å². The van der Waals surface area contributed by atoms with Gasteiger partial charge in [0.25, 0.3) is 5.56 Å². The third kappa shape index (κ3) is 3.18. The molecule has 4 N–H and O–H groups in total. The highest BCUT2D eigenvalue weighted by Gasteiger charge is 2.75. The zero-order chi connectivity index (χ0) is 19.1. The summed E-state index contributed by atoms with van der Waals surface area (Å²) >= 11 is 0. The van der Waals surface area contributed by atoms with Gasteiger partial charge in [-0.3, -0.25) is 14.3 Å². The van der Waals surface area contributed by atoms with Crippen LogP contribution in [-0.2, 0) is 11.3 Å². The first-order chi connectivity index (χ1) is 12.3. The molecule has 8 heteroatoms. The van der Waals surface area contributed by atoms with E-state index >= 15 is 0 Å². The van der Waals surface area contributed by atoms with Crippen molar-refractivity contribution < 1.29 is 14.9 Å². The van der Waals surface area contributed by atoms with E-state index in [1.807, 2.05) is 26.8 Å². The number of aliphatic hydroxyl groups excluding tert-OH is 1. The van der Waals surface area contributed by atoms with Gasteiger partial charge < -0.3 is 20.3 Å². The molecule has 26 heavy (non-hydrogen) atoms. The minimum Gasteiger partial charge on any atom is -0.385 e. The van der Waals surface area contributed by atoms with Gasteiger partial charge in [0.2, 0.25) is 0 Å². The Labute approximate surface area is 151 Å². The van der Waals surface area contributed by atoms with Crippen LogP contribution in [-0.4, -0.2) is 44.1 Å². The molecule has 2 fully saturated rings. The van der Waals surface area contributed by atoms with Crippen molar-refractivity contribution in [3.05, 3.63) is 44.2 Å². The molecule has 0 spiro atoms. The first-order valence-corrected chi connectivity index (χ1v) is 9.05. The van der Waals surface area contributed by atoms with E-state index in [0.717, 1.165) is 23.0 Å². The Morgan fingerprint density at radius 3 is 2.77 bits per heavy atom. The van der Waals surface area contributed by atoms with E-state index in [1.54, 1.807) is 0 Å². The van der Waals surface area contributed by atoms with Crippen molar-refractivity contribution in [2.75, 3.05) is 6.54 Å². The lowest BCUT2D eigenvalue weighted by Crippen LogP contribution is -2.42. The SMILES string of the molecule is CCCC1[C@H]2OC(n3cc(CNCC=C(C)C)c(=O)[nH]c3=O)[C@H](O)[C@@]12O. The number of allylic oxidation sites excluding steroid dienone is 1. The van der Waals surface area contributed by atoms with E-state index in [0.29, 0.717) is 12.1 Å². The molecule has 2 heterocycles. The summed E-state index contributed by atoms with van der Waals surface area (Å²) in [4.78, 5) is 26.5. The highest BCUT2D eigenvalue weighted by atomic mass is 16.6. The standard InChI is InChI=1S/C18H27N3O5/c1-4-5-12-14-18(12,25)13(22)16(26-14)21-9-11(15(23)20-17(21)24)8-19-7-6-10(2)3/h6,9,12-14,16,19,22,25H,4-5,7-8H2,1-3H3,(H,20,23,24)/t12?,13-,14+,16?,18-/m0/s1. The third-order valence-electron chi connectivity index (χ3n) is 5.22. The number of hydrogen-bond donors (Lipinski definition) is 4. The monoisotopic (exact) mass is 365 g/mol. The molecule has 1 saturated heterocycles. The van der Waals surface area contributed by atoms with Crippen molar-refractivity contribution in [2.45, 2.75) is 64.2 Å². The molecule has 1 saturated carbocycles. The Morgan fingerprint density at radius 2 is 2.19 bits per heavy atom. The molecule has 1 aliphatic carbocycles. The Morgan fingerprint density at radius 1 is 1.46 bits per heavy atom. The summed E-state index contributed by atoms with van der Waals surface area (Å²) in [5.74, 6) is -0.109. The number of nitrogens with zero attached hydrogens (tertiary/aromatic N) is 1. The summed E-state index contributed by atoms with van der Waals surface area (Å²) in [6.45, 7) is 6.84. The number of aliphatic hydroxyl groups is 2. The van der Waals surface area contributed by atoms with Crippen LogP contribution in [0.3, 0.4) is 0 Å². The van der Waals surface area contributed by atoms with Crippen LogP contribution in [0.15, 0.2) is 27.4 Å². The largest absolute Gasteiger partial charge is 0.385 e. The van der Waals surface area contributed by atoms with Crippen LogP contribution in [0.5, 0.6) is 0 Å². The van der Waals surface area contributed by atoms with Crippen molar-refractivity contribution in [3.63, 3.8) is 0 Å². The Balaban J connectivity index is 1.77. The molecule has 1 aromatic heterocycles. The Kier molecular flexibility index (Phi) is 5.21. The minimum atomic E-state index is -1.31. The smallest absolute Gasteiger partial charge is 0.330 e. The summed E-state index contributed by atoms with van der Waals surface area (Å²) in [6.07, 6.45) is 2.34. The highest BCUT2D eigenvalue weighted by molar-refractivity contribution is 5.23. The van der Waals surface area contributed by atoms with Crippen LogP contribution in [0.4, 0.5) is 0 Å². The number of nitrogens with one attached hydrogen (secondary N) is 2. The van der Waals surface area contributed by atoms with E-state index in [-0.39, 0.29) is 12.5 Å². The van der Waals surface area contributed by atoms with Gasteiger partial charge in [0, 0.05) is 30.8 Å². The Bertz CT molecular complexity index is 810. The van der Waals surface area contributed by atoms with Gasteiger partial charge in [0.15, 0.2) is 6.23 Å². The van der Waals surface area contributed by atoms with E-state index in [1.165, 1.54) is 6.20 Å². The maximum Gasteiger partial charge on any atom is 0.330 e. The van der Waals surface area contributed by atoms with Crippen LogP contribution in [0, 0.1) is 5.92 Å². The molecule has 3 rings (SSSR count). The molecule has 0 bridgehead atoms. The number of aromatic nitrogens is 2. The summed E-state index contributed by atoms with van der Waals surface area (Å²) in [5, 5.41) is 24.2. The topological polar surface area (TPSA) is 117 Å². The second-order valence-electron chi connectivity index (χ2n) is 7.41. The third-order valence-corrected chi connectivity index (χ3v) is 5.22. The number of aromatic amines is 1. The summed E-state index contributed by atoms with van der Waals surface area (Å²) in [5.41, 5.74) is -0.925. The average molecular weight is 365 g/mol. The molecule has 0 amide bonds. The molecule has 2 unspecified atom stereocenters. The average Bonchev–Trinajstić information content (AvgIpc) is 3.04. The molecule has 0 radical (unpaired) electrons. The van der Waals surface area contributed by atoms with Crippen molar-refractivity contribution in [3.8, 4) is 0 Å². The van der Waals surface area contributed by atoms with Crippen molar-refractivity contribution in [1.29, 1.82) is 0 Å². The zero-order valence-electron chi connectivity index (χ0n) is 15.4. The minimum absolute atomic E-state index is 0.109. The van der Waals surface area contributed by atoms with Gasteiger partial charge in [-0.2, -0.15) is 0 Å². The second kappa shape index (κ2) is 7.11. The second-order valence-corrected chi connectivity index (χ2v) is 7.41. The van der Waals surface area contributed by atoms with Gasteiger partial charge in [0.05, 0.1) is 6.10 Å². The fourth-order valence-corrected chi connectivity index (χ4v) is 3.71. The molecule has 0 aromatic carbocycles. The number of fused-ring (bicyclic) bond motifs is 1. The predicted octanol–water partition coefficient (Wildman–Crippen LogP) is 0.0117. The summed E-state index contributed by atoms with van der Waals surface area (Å²) in [6, 6.07) is 0. The maximum absolute atomic E-state index is 12.2. The first kappa shape index (κ1) is 19.0. The quantitative estimate of drug-likeness (QED) is 0.400. The van der Waals surface area contributed by atoms with Crippen molar-refractivity contribution in [1.82, 2.24) is 14.9 Å². The lowest BCUT2D eigenvalue weighted by atomic mass is 10.1. The molecule has 1 aliphatic heterocycles. The molecule has 144 valence electrons. The van der Waals surface area contributed by atoms with E-state index in [2.05, 4.69) is 10.3 Å². The summed E-state index contributed by atoms with van der Waals surface area (Å²) in [7, 11) is 0. The van der Waals surface area contributed by atoms with Gasteiger partial charge in [-0.1, -0.05) is 25.0 Å². The van der Waals surface area contributed by atoms with Crippen LogP contribution < -0.4 is 16.6 Å². The molecule has 5 atom stereocenters. The number of ether oxygens (including phenoxy) is 1. The lowest BCUT2D eigenvalue weighted by molar-refractivity contribution is -0.0819. The molecule has 1 aromatic rings. The molecule has 2 aliphatic rings. The van der Waals surface area contributed by atoms with E-state index in [4.69, 9.17) is 4.74 Å². The number of hydrogen-bond acceptors (Lipinski definition) is 6. The van der Waals surface area contributed by atoms with Gasteiger partial charge in [-0.25, -0.2) is 4.79 Å². The van der Waals surface area contributed by atoms with Gasteiger partial charge in [0.1, 0.15) is 11.7 Å². The van der Waals surface area contributed by atoms with Gasteiger partial charge >= 0.3 is 5.69 Å². The fourth-order valence-electron chi connectivity index (χ4n) is 3.71. The van der Waals surface area contributed by atoms with E-state index in [9.17, 15) is 19.8 Å². The van der Waals surface area contributed by atoms with Crippen LogP contribution in [0.25, 0.3) is 0 Å². The lowest BCUT2D eigenvalue weighted by Gasteiger charge is -2.24. The van der Waals surface area contributed by atoms with Crippen molar-refractivity contribution in [2.24, 2.45) is 5.92 Å². The van der Waals surface area contributed by atoms with Gasteiger partial charge in [-0.05, 0) is 20.3 Å². The number of rotatable bonds is 7. The highest BCUT2D eigenvalue weighted by Crippen LogP contribution is 2.59. The van der Waals surface area contributed by atoms with Crippen LogP contribution >= 0.6 is 0 Å². The van der Waals surface area contributed by atoms with Crippen LogP contribution in [0.1, 0.15) is 45.4 Å². The predicted molar refractivity (Wildman–Crippen MR) is 95.7 cm³/mol. The van der Waals surface area contributed by atoms with Crippen LogP contribution in [0.2, 0.25) is 0 Å². The molecule has 8 nitrogen and oxygen atoms in total. The van der Waals surface area contributed by atoms with E-state index < -0.39 is 35.3 Å². The fraction of sp³-hybridized carbons (Fsp3) is 0.667. The normalized spacial score (nSPS) is 32.3. The zero-order valence-corrected chi connectivity index (χ0v) is 15.4. The maximum atomic E-state index is 12.2. The Hall–Kier alpha value is -1.74. The molecular formula is C18H27N3O5. The first-order valence-electron chi connectivity index (χ1n) is 9.05. The summed E-state index contributed by atoms with van der Waals surface area (Å²) < 4.78 is 6.91.